The van der Waals surface area contributed by atoms with Crippen LogP contribution in [0.15, 0.2) is 15.7 Å². The van der Waals surface area contributed by atoms with E-state index in [-0.39, 0.29) is 6.10 Å². The molecule has 1 aliphatic heterocycles. The number of rotatable bonds is 1. The molecule has 11 heavy (non-hydrogen) atoms. The van der Waals surface area contributed by atoms with Crippen LogP contribution in [0.3, 0.4) is 0 Å². The zero-order chi connectivity index (χ0) is 8.01. The van der Waals surface area contributed by atoms with Gasteiger partial charge in [0.05, 0.1) is 11.8 Å². The van der Waals surface area contributed by atoms with E-state index < -0.39 is 10.9 Å². The van der Waals surface area contributed by atoms with Crippen molar-refractivity contribution in [3.63, 3.8) is 0 Å². The highest BCUT2D eigenvalue weighted by Crippen LogP contribution is 2.15. The number of aliphatic hydroxyl groups is 1. The van der Waals surface area contributed by atoms with E-state index in [0.29, 0.717) is 18.8 Å². The maximum absolute atomic E-state index is 10.8. The third-order valence-corrected chi connectivity index (χ3v) is 1.93. The standard InChI is InChI=1S/C7H7NO3/c9-4-2-8(3-4)5-1-6(10)7(5)11/h1,4,9H,2-3H2. The van der Waals surface area contributed by atoms with E-state index in [9.17, 15) is 9.59 Å². The van der Waals surface area contributed by atoms with Crippen LogP contribution in [-0.4, -0.2) is 24.3 Å². The highest BCUT2D eigenvalue weighted by molar-refractivity contribution is 5.52. The topological polar surface area (TPSA) is 57.6 Å². The SMILES string of the molecule is O=c1cc(N2CC(O)C2)c1=O. The molecule has 1 heterocycles. The van der Waals surface area contributed by atoms with Crippen molar-refractivity contribution < 1.29 is 5.11 Å². The molecule has 0 aliphatic carbocycles. The lowest BCUT2D eigenvalue weighted by molar-refractivity contribution is 0.141. The van der Waals surface area contributed by atoms with Crippen molar-refractivity contribution in [3.05, 3.63) is 26.5 Å². The quantitative estimate of drug-likeness (QED) is 0.497. The molecule has 0 saturated carbocycles. The van der Waals surface area contributed by atoms with Gasteiger partial charge < -0.3 is 10.0 Å². The number of hydrogen-bond acceptors (Lipinski definition) is 4. The first-order chi connectivity index (χ1) is 5.18. The zero-order valence-electron chi connectivity index (χ0n) is 5.78. The van der Waals surface area contributed by atoms with Crippen LogP contribution in [0.25, 0.3) is 0 Å². The van der Waals surface area contributed by atoms with E-state index in [1.165, 1.54) is 6.07 Å². The number of nitrogens with zero attached hydrogens (tertiary/aromatic N) is 1. The van der Waals surface area contributed by atoms with Gasteiger partial charge in [-0.25, -0.2) is 0 Å². The molecule has 1 saturated heterocycles. The van der Waals surface area contributed by atoms with Gasteiger partial charge in [0.1, 0.15) is 0 Å². The molecule has 1 aromatic rings. The highest BCUT2D eigenvalue weighted by atomic mass is 16.3. The third kappa shape index (κ3) is 0.793. The van der Waals surface area contributed by atoms with Gasteiger partial charge >= 0.3 is 0 Å². The van der Waals surface area contributed by atoms with Crippen LogP contribution < -0.4 is 15.8 Å². The summed E-state index contributed by atoms with van der Waals surface area (Å²) in [6.45, 7) is 0.954. The van der Waals surface area contributed by atoms with Gasteiger partial charge in [0.25, 0.3) is 0 Å². The Hall–Kier alpha value is -1.16. The van der Waals surface area contributed by atoms with Crippen LogP contribution in [0.5, 0.6) is 0 Å². The summed E-state index contributed by atoms with van der Waals surface area (Å²) in [5.41, 5.74) is -0.390. The molecule has 0 aromatic heterocycles. The molecule has 1 aromatic carbocycles. The Morgan fingerprint density at radius 2 is 2.09 bits per heavy atom. The molecule has 0 radical (unpaired) electrons. The van der Waals surface area contributed by atoms with E-state index in [0.717, 1.165) is 0 Å². The molecule has 4 nitrogen and oxygen atoms in total. The van der Waals surface area contributed by atoms with Gasteiger partial charge in [0.15, 0.2) is 0 Å². The predicted octanol–water partition coefficient (Wildman–Crippen LogP) is -1.54. The average molecular weight is 153 g/mol. The summed E-state index contributed by atoms with van der Waals surface area (Å²) in [4.78, 5) is 22.9. The van der Waals surface area contributed by atoms with Gasteiger partial charge in [0, 0.05) is 19.2 Å². The summed E-state index contributed by atoms with van der Waals surface area (Å²) in [5.74, 6) is 0. The number of anilines is 1. The van der Waals surface area contributed by atoms with Crippen LogP contribution in [0.1, 0.15) is 0 Å². The molecular formula is C7H7NO3. The van der Waals surface area contributed by atoms with Crippen molar-refractivity contribution in [2.45, 2.75) is 6.10 Å². The first-order valence-electron chi connectivity index (χ1n) is 3.42. The lowest BCUT2D eigenvalue weighted by Crippen LogP contribution is -2.55. The van der Waals surface area contributed by atoms with Crippen LogP contribution in [0.2, 0.25) is 0 Å². The Morgan fingerprint density at radius 3 is 2.45 bits per heavy atom. The lowest BCUT2D eigenvalue weighted by Gasteiger charge is -2.37. The van der Waals surface area contributed by atoms with Crippen molar-refractivity contribution in [1.82, 2.24) is 0 Å². The van der Waals surface area contributed by atoms with E-state index in [2.05, 4.69) is 0 Å². The highest BCUT2D eigenvalue weighted by Gasteiger charge is 2.28. The molecule has 1 fully saturated rings. The van der Waals surface area contributed by atoms with Gasteiger partial charge in [-0.1, -0.05) is 0 Å². The van der Waals surface area contributed by atoms with Gasteiger partial charge in [-0.15, -0.1) is 0 Å². The first kappa shape index (κ1) is 6.54. The second-order valence-electron chi connectivity index (χ2n) is 2.78. The minimum Gasteiger partial charge on any atom is -0.389 e. The maximum Gasteiger partial charge on any atom is 0.249 e. The number of aliphatic hydroxyl groups excluding tert-OH is 1. The van der Waals surface area contributed by atoms with Gasteiger partial charge in [-0.3, -0.25) is 9.59 Å². The zero-order valence-corrected chi connectivity index (χ0v) is 5.78. The predicted molar refractivity (Wildman–Crippen MR) is 39.6 cm³/mol. The summed E-state index contributed by atoms with van der Waals surface area (Å²) < 4.78 is 0. The second-order valence-corrected chi connectivity index (χ2v) is 2.78. The first-order valence-corrected chi connectivity index (χ1v) is 3.42. The lowest BCUT2D eigenvalue weighted by atomic mass is 10.1. The summed E-state index contributed by atoms with van der Waals surface area (Å²) >= 11 is 0. The molecule has 1 aliphatic rings. The monoisotopic (exact) mass is 153 g/mol. The van der Waals surface area contributed by atoms with Gasteiger partial charge in [-0.05, 0) is 0 Å². The largest absolute Gasteiger partial charge is 0.389 e. The Kier molecular flexibility index (Phi) is 1.14. The minimum atomic E-state index is -0.429. The normalized spacial score (nSPS) is 18.8. The Bertz CT molecular complexity index is 344. The second kappa shape index (κ2) is 1.92. The minimum absolute atomic E-state index is 0.334. The number of β-amino-alcohol motifs (C(OH)–C–C–N with tert-alkyl or cyclic N) is 1. The molecule has 0 atom stereocenters. The molecule has 1 N–H and O–H groups in total. The fourth-order valence-electron chi connectivity index (χ4n) is 1.19. The summed E-state index contributed by atoms with van der Waals surface area (Å²) in [5, 5.41) is 8.87. The van der Waals surface area contributed by atoms with Gasteiger partial charge in [0.2, 0.25) is 10.9 Å². The Balaban J connectivity index is 2.16. The van der Waals surface area contributed by atoms with Crippen LogP contribution in [0, 0.1) is 0 Å². The third-order valence-electron chi connectivity index (χ3n) is 1.93. The van der Waals surface area contributed by atoms with E-state index in [4.69, 9.17) is 5.11 Å². The summed E-state index contributed by atoms with van der Waals surface area (Å²) in [7, 11) is 0. The molecular weight excluding hydrogens is 146 g/mol. The van der Waals surface area contributed by atoms with E-state index >= 15 is 0 Å². The van der Waals surface area contributed by atoms with E-state index in [1.807, 2.05) is 0 Å². The molecule has 4 heteroatoms. The van der Waals surface area contributed by atoms with Crippen molar-refractivity contribution >= 4 is 5.69 Å². The van der Waals surface area contributed by atoms with Crippen molar-refractivity contribution in [2.75, 3.05) is 18.0 Å². The fraction of sp³-hybridized carbons (Fsp3) is 0.429. The molecule has 0 spiro atoms. The summed E-state index contributed by atoms with van der Waals surface area (Å²) in [6.07, 6.45) is -0.334. The van der Waals surface area contributed by atoms with Crippen LogP contribution >= 0.6 is 0 Å². The molecule has 58 valence electrons. The molecule has 2 rings (SSSR count). The number of hydrogen-bond donors (Lipinski definition) is 1. The van der Waals surface area contributed by atoms with Crippen LogP contribution in [0.4, 0.5) is 5.69 Å². The molecule has 0 bridgehead atoms. The van der Waals surface area contributed by atoms with E-state index in [1.54, 1.807) is 4.90 Å². The molecule has 0 amide bonds. The van der Waals surface area contributed by atoms with Crippen molar-refractivity contribution in [1.29, 1.82) is 0 Å². The van der Waals surface area contributed by atoms with Gasteiger partial charge in [-0.2, -0.15) is 0 Å². The van der Waals surface area contributed by atoms with Crippen LogP contribution in [-0.2, 0) is 0 Å². The smallest absolute Gasteiger partial charge is 0.249 e. The molecule has 0 unspecified atom stereocenters. The average Bonchev–Trinajstić information content (AvgIpc) is 1.94. The van der Waals surface area contributed by atoms with Crippen molar-refractivity contribution in [2.24, 2.45) is 0 Å². The fourth-order valence-corrected chi connectivity index (χ4v) is 1.19. The Labute approximate surface area is 62.4 Å². The Morgan fingerprint density at radius 1 is 1.45 bits per heavy atom. The van der Waals surface area contributed by atoms with Crippen molar-refractivity contribution in [3.8, 4) is 0 Å². The summed E-state index contributed by atoms with van der Waals surface area (Å²) in [6, 6.07) is 1.31. The maximum atomic E-state index is 10.8.